The van der Waals surface area contributed by atoms with Gasteiger partial charge in [0, 0.05) is 29.5 Å². The van der Waals surface area contributed by atoms with E-state index in [-0.39, 0.29) is 24.1 Å². The molecule has 1 heterocycles. The van der Waals surface area contributed by atoms with Gasteiger partial charge in [0.1, 0.15) is 23.8 Å². The van der Waals surface area contributed by atoms with Gasteiger partial charge in [-0.15, -0.1) is 0 Å². The number of fused-ring (bicyclic) bond motifs is 3. The highest BCUT2D eigenvalue weighted by atomic mass is 16.6. The van der Waals surface area contributed by atoms with Gasteiger partial charge in [0.25, 0.3) is 0 Å². The van der Waals surface area contributed by atoms with Crippen molar-refractivity contribution in [1.82, 2.24) is 4.98 Å². The van der Waals surface area contributed by atoms with Gasteiger partial charge >= 0.3 is 5.97 Å². The molecular weight excluding hydrogens is 594 g/mol. The lowest BCUT2D eigenvalue weighted by molar-refractivity contribution is -0.145. The van der Waals surface area contributed by atoms with E-state index in [1.165, 1.54) is 19.3 Å². The van der Waals surface area contributed by atoms with Crippen molar-refractivity contribution in [3.63, 3.8) is 0 Å². The van der Waals surface area contributed by atoms with Crippen LogP contribution in [0.3, 0.4) is 0 Å². The summed E-state index contributed by atoms with van der Waals surface area (Å²) in [5, 5.41) is 2.70. The van der Waals surface area contributed by atoms with E-state index in [0.717, 1.165) is 29.2 Å². The largest absolute Gasteiger partial charge is 0.491 e. The molecule has 47 heavy (non-hydrogen) atoms. The molecule has 0 N–H and O–H groups in total. The molecule has 1 aliphatic carbocycles. The Morgan fingerprint density at radius 2 is 1.47 bits per heavy atom. The molecule has 0 spiro atoms. The van der Waals surface area contributed by atoms with Crippen molar-refractivity contribution in [2.24, 2.45) is 5.92 Å². The minimum absolute atomic E-state index is 0.223. The second-order valence-corrected chi connectivity index (χ2v) is 12.1. The van der Waals surface area contributed by atoms with Crippen molar-refractivity contribution in [3.05, 3.63) is 83.6 Å². The van der Waals surface area contributed by atoms with Gasteiger partial charge in [-0.25, -0.2) is 4.98 Å². The first-order chi connectivity index (χ1) is 23.0. The highest BCUT2D eigenvalue weighted by molar-refractivity contribution is 6.30. The predicted molar refractivity (Wildman–Crippen MR) is 182 cm³/mol. The first-order valence-corrected chi connectivity index (χ1v) is 16.9. The van der Waals surface area contributed by atoms with Gasteiger partial charge in [-0.05, 0) is 60.2 Å². The Bertz CT molecular complexity index is 1630. The minimum atomic E-state index is -0.974. The molecule has 1 aliphatic rings. The summed E-state index contributed by atoms with van der Waals surface area (Å²) in [5.74, 6) is -0.515. The van der Waals surface area contributed by atoms with Gasteiger partial charge in [0.15, 0.2) is 11.6 Å². The van der Waals surface area contributed by atoms with E-state index in [0.29, 0.717) is 79.7 Å². The predicted octanol–water partition coefficient (Wildman–Crippen LogP) is 7.89. The summed E-state index contributed by atoms with van der Waals surface area (Å²) in [5.41, 5.74) is 1.90. The summed E-state index contributed by atoms with van der Waals surface area (Å²) in [6.07, 6.45) is 6.35. The molecular formula is C39H45NO7. The summed E-state index contributed by atoms with van der Waals surface area (Å²) in [7, 11) is 0. The number of carbonyl (C=O) groups is 3. The molecule has 0 saturated heterocycles. The van der Waals surface area contributed by atoms with Crippen molar-refractivity contribution in [3.8, 4) is 5.75 Å². The number of rotatable bonds is 19. The van der Waals surface area contributed by atoms with Gasteiger partial charge < -0.3 is 18.9 Å². The number of hydrogen-bond acceptors (Lipinski definition) is 8. The first kappa shape index (κ1) is 34.2. The maximum absolute atomic E-state index is 13.4. The zero-order chi connectivity index (χ0) is 33.0. The maximum Gasteiger partial charge on any atom is 0.305 e. The average molecular weight is 640 g/mol. The summed E-state index contributed by atoms with van der Waals surface area (Å²) in [4.78, 5) is 43.7. The van der Waals surface area contributed by atoms with Gasteiger partial charge in [-0.3, -0.25) is 14.4 Å². The van der Waals surface area contributed by atoms with E-state index in [1.807, 2.05) is 48.5 Å². The second kappa shape index (κ2) is 17.1. The Hall–Kier alpha value is -4.14. The fourth-order valence-electron chi connectivity index (χ4n) is 5.97. The number of pyridine rings is 1. The van der Waals surface area contributed by atoms with Gasteiger partial charge in [-0.1, -0.05) is 75.6 Å². The number of aromatic nitrogens is 1. The van der Waals surface area contributed by atoms with Crippen molar-refractivity contribution in [2.75, 3.05) is 39.6 Å². The van der Waals surface area contributed by atoms with Crippen LogP contribution in [0.4, 0.5) is 0 Å². The molecule has 0 saturated carbocycles. The molecule has 4 aromatic rings. The topological polar surface area (TPSA) is 101 Å². The highest BCUT2D eigenvalue weighted by Crippen LogP contribution is 2.37. The Morgan fingerprint density at radius 1 is 0.766 bits per heavy atom. The number of esters is 1. The van der Waals surface area contributed by atoms with Crippen LogP contribution < -0.4 is 4.74 Å². The fourth-order valence-corrected chi connectivity index (χ4v) is 5.97. The molecule has 1 unspecified atom stereocenters. The highest BCUT2D eigenvalue weighted by Gasteiger charge is 2.40. The van der Waals surface area contributed by atoms with E-state index < -0.39 is 5.92 Å². The molecule has 1 aromatic heterocycles. The Labute approximate surface area is 276 Å². The molecule has 3 aromatic carbocycles. The van der Waals surface area contributed by atoms with Crippen molar-refractivity contribution >= 4 is 39.2 Å². The first-order valence-electron chi connectivity index (χ1n) is 16.9. The Balaban J connectivity index is 1.04. The third-order valence-corrected chi connectivity index (χ3v) is 8.73. The fraction of sp³-hybridized carbons (Fsp3) is 0.436. The van der Waals surface area contributed by atoms with Crippen LogP contribution in [0.2, 0.25) is 0 Å². The van der Waals surface area contributed by atoms with Crippen molar-refractivity contribution in [2.45, 2.75) is 64.7 Å². The number of ketones is 2. The van der Waals surface area contributed by atoms with Crippen LogP contribution in [0.15, 0.2) is 66.7 Å². The Kier molecular flexibility index (Phi) is 12.5. The quantitative estimate of drug-likeness (QED) is 0.0580. The molecule has 8 heteroatoms. The summed E-state index contributed by atoms with van der Waals surface area (Å²) < 4.78 is 22.6. The van der Waals surface area contributed by atoms with E-state index in [9.17, 15) is 14.4 Å². The van der Waals surface area contributed by atoms with E-state index in [4.69, 9.17) is 23.9 Å². The van der Waals surface area contributed by atoms with Gasteiger partial charge in [0.05, 0.1) is 32.1 Å². The molecule has 0 amide bonds. The van der Waals surface area contributed by atoms with E-state index >= 15 is 0 Å². The lowest BCUT2D eigenvalue weighted by Gasteiger charge is -2.14. The number of ether oxygens (including phenoxy) is 4. The zero-order valence-electron chi connectivity index (χ0n) is 27.5. The summed E-state index contributed by atoms with van der Waals surface area (Å²) >= 11 is 0. The number of benzene rings is 3. The van der Waals surface area contributed by atoms with Crippen molar-refractivity contribution in [1.29, 1.82) is 0 Å². The van der Waals surface area contributed by atoms with Crippen molar-refractivity contribution < 1.29 is 33.3 Å². The van der Waals surface area contributed by atoms with E-state index in [2.05, 4.69) is 13.8 Å². The number of nitrogens with zero attached hydrogens (tertiary/aromatic N) is 1. The van der Waals surface area contributed by atoms with Crippen LogP contribution in [0, 0.1) is 5.92 Å². The lowest BCUT2D eigenvalue weighted by atomic mass is 9.98. The molecule has 248 valence electrons. The molecule has 8 nitrogen and oxygen atoms in total. The minimum Gasteiger partial charge on any atom is -0.491 e. The smallest absolute Gasteiger partial charge is 0.305 e. The Morgan fingerprint density at radius 3 is 2.19 bits per heavy atom. The molecule has 1 atom stereocenters. The number of hydrogen-bond donors (Lipinski definition) is 0. The molecule has 5 rings (SSSR count). The van der Waals surface area contributed by atoms with Crippen LogP contribution in [-0.4, -0.2) is 62.2 Å². The summed E-state index contributed by atoms with van der Waals surface area (Å²) in [6.45, 7) is 7.17. The summed E-state index contributed by atoms with van der Waals surface area (Å²) in [6, 6.07) is 20.6. The van der Waals surface area contributed by atoms with E-state index in [1.54, 1.807) is 18.2 Å². The zero-order valence-corrected chi connectivity index (χ0v) is 27.5. The number of para-hydroxylation sites is 1. The average Bonchev–Trinajstić information content (AvgIpc) is 3.33. The number of Topliss-reactive ketones (excluding diaryl/α,β-unsaturated/α-hetero) is 2. The monoisotopic (exact) mass is 639 g/mol. The molecule has 0 radical (unpaired) electrons. The van der Waals surface area contributed by atoms with Crippen LogP contribution in [0.1, 0.15) is 91.1 Å². The SMILES string of the molecule is CCCCC(CC)COCCOCCOC(=O)CCCCOc1cccc2ccc(C3C(=O)c4cc5ccccc5cc4C3=O)nc12. The van der Waals surface area contributed by atoms with Gasteiger partial charge in [0.2, 0.25) is 0 Å². The molecule has 0 aliphatic heterocycles. The van der Waals surface area contributed by atoms with Crippen LogP contribution in [0.5, 0.6) is 5.75 Å². The molecule has 0 fully saturated rings. The lowest BCUT2D eigenvalue weighted by Crippen LogP contribution is -2.15. The molecule has 0 bridgehead atoms. The third kappa shape index (κ3) is 8.82. The third-order valence-electron chi connectivity index (χ3n) is 8.73. The standard InChI is InChI=1S/C39H45NO7/c1-3-5-11-27(4-2)26-45-21-20-44-22-23-47-35(41)16-8-9-19-46-34-15-10-14-28-17-18-33(40-37(28)34)36-38(42)31-24-29-12-6-7-13-30(29)25-32(31)39(36)43/h6-7,10,12-15,17-18,24-25,27,36H,3-5,8-9,11,16,19-23,26H2,1-2H3. The normalized spacial score (nSPS) is 13.7. The number of carbonyl (C=O) groups excluding carboxylic acids is 3. The number of unbranched alkanes of at least 4 members (excludes halogenated alkanes) is 2. The second-order valence-electron chi connectivity index (χ2n) is 12.1. The maximum atomic E-state index is 13.4. The van der Waals surface area contributed by atoms with Crippen LogP contribution in [0.25, 0.3) is 21.7 Å². The van der Waals surface area contributed by atoms with Crippen LogP contribution >= 0.6 is 0 Å². The van der Waals surface area contributed by atoms with Gasteiger partial charge in [-0.2, -0.15) is 0 Å². The van der Waals surface area contributed by atoms with Crippen LogP contribution in [-0.2, 0) is 19.0 Å².